The molecule has 0 aromatic rings. The molecule has 1 saturated carbocycles. The van der Waals surface area contributed by atoms with E-state index < -0.39 is 0 Å². The fourth-order valence-electron chi connectivity index (χ4n) is 2.18. The van der Waals surface area contributed by atoms with Crippen LogP contribution in [-0.4, -0.2) is 29.0 Å². The maximum absolute atomic E-state index is 11.7. The molecule has 3 nitrogen and oxygen atoms in total. The van der Waals surface area contributed by atoms with E-state index in [-0.39, 0.29) is 11.4 Å². The summed E-state index contributed by atoms with van der Waals surface area (Å²) in [5.74, 6) is 0.163. The van der Waals surface area contributed by atoms with E-state index in [1.54, 1.807) is 0 Å². The number of rotatable bonds is 5. The van der Waals surface area contributed by atoms with Crippen molar-refractivity contribution in [2.45, 2.75) is 69.2 Å². The third kappa shape index (κ3) is 6.32. The molecular formula is C13H26N2OS. The molecule has 0 bridgehead atoms. The molecule has 1 amide bonds. The van der Waals surface area contributed by atoms with Crippen molar-refractivity contribution in [3.8, 4) is 0 Å². The van der Waals surface area contributed by atoms with Gasteiger partial charge in [0, 0.05) is 23.3 Å². The predicted molar refractivity (Wildman–Crippen MR) is 75.2 cm³/mol. The Morgan fingerprint density at radius 3 is 2.41 bits per heavy atom. The van der Waals surface area contributed by atoms with Crippen LogP contribution in [0.3, 0.4) is 0 Å². The summed E-state index contributed by atoms with van der Waals surface area (Å²) in [5, 5.41) is 3.93. The summed E-state index contributed by atoms with van der Waals surface area (Å²) in [5.41, 5.74) is 5.63. The number of nitrogens with one attached hydrogen (secondary N) is 1. The number of amides is 1. The van der Waals surface area contributed by atoms with Crippen molar-refractivity contribution < 1.29 is 4.79 Å². The van der Waals surface area contributed by atoms with Gasteiger partial charge >= 0.3 is 0 Å². The molecule has 100 valence electrons. The van der Waals surface area contributed by atoms with E-state index in [9.17, 15) is 4.79 Å². The minimum atomic E-state index is -0.242. The van der Waals surface area contributed by atoms with Gasteiger partial charge in [-0.1, -0.05) is 0 Å². The topological polar surface area (TPSA) is 55.1 Å². The lowest BCUT2D eigenvalue weighted by Gasteiger charge is -2.28. The number of carbonyl (C=O) groups is 1. The van der Waals surface area contributed by atoms with Crippen LogP contribution in [0.2, 0.25) is 0 Å². The Kier molecular flexibility index (Phi) is 5.80. The van der Waals surface area contributed by atoms with Crippen LogP contribution >= 0.6 is 11.8 Å². The van der Waals surface area contributed by atoms with Gasteiger partial charge in [0.1, 0.15) is 0 Å². The SMILES string of the molecule is CSC1CCC(NC(=O)CCC(C)(C)N)CC1. The zero-order valence-electron chi connectivity index (χ0n) is 11.3. The van der Waals surface area contributed by atoms with Crippen LogP contribution in [0, 0.1) is 0 Å². The third-order valence-corrected chi connectivity index (χ3v) is 4.51. The van der Waals surface area contributed by atoms with Gasteiger partial charge in [0.15, 0.2) is 0 Å². The molecule has 0 radical (unpaired) electrons. The number of hydrogen-bond acceptors (Lipinski definition) is 3. The van der Waals surface area contributed by atoms with Crippen molar-refractivity contribution in [1.82, 2.24) is 5.32 Å². The van der Waals surface area contributed by atoms with Crippen LogP contribution in [0.1, 0.15) is 52.4 Å². The molecule has 0 spiro atoms. The van der Waals surface area contributed by atoms with Crippen LogP contribution in [0.5, 0.6) is 0 Å². The zero-order chi connectivity index (χ0) is 12.9. The number of hydrogen-bond donors (Lipinski definition) is 2. The molecule has 3 N–H and O–H groups in total. The van der Waals surface area contributed by atoms with Crippen molar-refractivity contribution in [3.05, 3.63) is 0 Å². The molecule has 1 aliphatic carbocycles. The Morgan fingerprint density at radius 2 is 1.94 bits per heavy atom. The quantitative estimate of drug-likeness (QED) is 0.795. The van der Waals surface area contributed by atoms with E-state index in [0.717, 1.165) is 24.5 Å². The molecule has 4 heteroatoms. The number of carbonyl (C=O) groups excluding carboxylic acids is 1. The van der Waals surface area contributed by atoms with Crippen molar-refractivity contribution in [2.24, 2.45) is 5.73 Å². The van der Waals surface area contributed by atoms with E-state index in [4.69, 9.17) is 5.73 Å². The Morgan fingerprint density at radius 1 is 1.35 bits per heavy atom. The van der Waals surface area contributed by atoms with Crippen LogP contribution < -0.4 is 11.1 Å². The summed E-state index contributed by atoms with van der Waals surface area (Å²) >= 11 is 1.95. The predicted octanol–water partition coefficient (Wildman–Crippen LogP) is 2.29. The summed E-state index contributed by atoms with van der Waals surface area (Å²) in [7, 11) is 0. The summed E-state index contributed by atoms with van der Waals surface area (Å²) in [6, 6.07) is 0.395. The normalized spacial score (nSPS) is 25.6. The molecule has 0 aliphatic heterocycles. The second kappa shape index (κ2) is 6.64. The average molecular weight is 258 g/mol. The lowest BCUT2D eigenvalue weighted by Crippen LogP contribution is -2.40. The molecule has 1 aliphatic rings. The van der Waals surface area contributed by atoms with Gasteiger partial charge < -0.3 is 11.1 Å². The fraction of sp³-hybridized carbons (Fsp3) is 0.923. The minimum Gasteiger partial charge on any atom is -0.353 e. The largest absolute Gasteiger partial charge is 0.353 e. The van der Waals surface area contributed by atoms with Crippen molar-refractivity contribution >= 4 is 17.7 Å². The second-order valence-electron chi connectivity index (χ2n) is 5.77. The van der Waals surface area contributed by atoms with E-state index in [2.05, 4.69) is 11.6 Å². The number of nitrogens with two attached hydrogens (primary N) is 1. The Hall–Kier alpha value is -0.220. The molecule has 0 aromatic carbocycles. The first-order valence-electron chi connectivity index (χ1n) is 6.52. The van der Waals surface area contributed by atoms with Crippen molar-refractivity contribution in [1.29, 1.82) is 0 Å². The summed E-state index contributed by atoms with van der Waals surface area (Å²) in [4.78, 5) is 11.7. The Labute approximate surface area is 109 Å². The van der Waals surface area contributed by atoms with Gasteiger partial charge in [-0.05, 0) is 52.2 Å². The first-order chi connectivity index (χ1) is 7.90. The van der Waals surface area contributed by atoms with Gasteiger partial charge in [-0.2, -0.15) is 11.8 Å². The Bertz CT molecular complexity index is 242. The highest BCUT2D eigenvalue weighted by atomic mass is 32.2. The fourth-order valence-corrected chi connectivity index (χ4v) is 2.92. The molecule has 0 aromatic heterocycles. The van der Waals surface area contributed by atoms with Crippen LogP contribution in [-0.2, 0) is 4.79 Å². The third-order valence-electron chi connectivity index (χ3n) is 3.37. The van der Waals surface area contributed by atoms with Crippen LogP contribution in [0.15, 0.2) is 0 Å². The molecule has 0 saturated heterocycles. The molecule has 0 heterocycles. The minimum absolute atomic E-state index is 0.163. The molecule has 1 rings (SSSR count). The molecule has 17 heavy (non-hydrogen) atoms. The highest BCUT2D eigenvalue weighted by molar-refractivity contribution is 7.99. The van der Waals surface area contributed by atoms with E-state index in [0.29, 0.717) is 12.5 Å². The summed E-state index contributed by atoms with van der Waals surface area (Å²) in [6.45, 7) is 3.92. The van der Waals surface area contributed by atoms with E-state index >= 15 is 0 Å². The first kappa shape index (κ1) is 14.8. The first-order valence-corrected chi connectivity index (χ1v) is 7.80. The molecule has 0 atom stereocenters. The molecule has 0 unspecified atom stereocenters. The van der Waals surface area contributed by atoms with Crippen molar-refractivity contribution in [2.75, 3.05) is 6.26 Å². The Balaban J connectivity index is 2.19. The highest BCUT2D eigenvalue weighted by Crippen LogP contribution is 2.26. The number of thioether (sulfide) groups is 1. The maximum Gasteiger partial charge on any atom is 0.220 e. The second-order valence-corrected chi connectivity index (χ2v) is 6.90. The smallest absolute Gasteiger partial charge is 0.220 e. The average Bonchev–Trinajstić information content (AvgIpc) is 2.27. The monoisotopic (exact) mass is 258 g/mol. The molecular weight excluding hydrogens is 232 g/mol. The molecule has 1 fully saturated rings. The van der Waals surface area contributed by atoms with Crippen LogP contribution in [0.25, 0.3) is 0 Å². The standard InChI is InChI=1S/C13H26N2OS/c1-13(2,14)9-8-12(16)15-10-4-6-11(17-3)7-5-10/h10-11H,4-9,14H2,1-3H3,(H,15,16). The van der Waals surface area contributed by atoms with Gasteiger partial charge in [0.2, 0.25) is 5.91 Å². The zero-order valence-corrected chi connectivity index (χ0v) is 12.1. The summed E-state index contributed by atoms with van der Waals surface area (Å²) < 4.78 is 0. The van der Waals surface area contributed by atoms with Crippen LogP contribution in [0.4, 0.5) is 0 Å². The van der Waals surface area contributed by atoms with Gasteiger partial charge in [-0.15, -0.1) is 0 Å². The van der Waals surface area contributed by atoms with Gasteiger partial charge in [0.25, 0.3) is 0 Å². The van der Waals surface area contributed by atoms with E-state index in [1.165, 1.54) is 12.8 Å². The summed E-state index contributed by atoms with van der Waals surface area (Å²) in [6.07, 6.45) is 8.19. The van der Waals surface area contributed by atoms with Crippen molar-refractivity contribution in [3.63, 3.8) is 0 Å². The van der Waals surface area contributed by atoms with Gasteiger partial charge in [0.05, 0.1) is 0 Å². The van der Waals surface area contributed by atoms with Gasteiger partial charge in [-0.25, -0.2) is 0 Å². The van der Waals surface area contributed by atoms with E-state index in [1.807, 2.05) is 25.6 Å². The maximum atomic E-state index is 11.7. The lowest BCUT2D eigenvalue weighted by atomic mass is 9.94. The lowest BCUT2D eigenvalue weighted by molar-refractivity contribution is -0.122. The van der Waals surface area contributed by atoms with Gasteiger partial charge in [-0.3, -0.25) is 4.79 Å². The highest BCUT2D eigenvalue weighted by Gasteiger charge is 2.22.